The smallest absolute Gasteiger partial charge is 0.225 e. The van der Waals surface area contributed by atoms with Crippen molar-refractivity contribution in [2.45, 2.75) is 45.6 Å². The molecule has 0 atom stereocenters. The van der Waals surface area contributed by atoms with Crippen LogP contribution in [-0.2, 0) is 0 Å². The number of hydrogen-bond donors (Lipinski definition) is 2. The fourth-order valence-electron chi connectivity index (χ4n) is 3.56. The molecule has 1 aliphatic carbocycles. The van der Waals surface area contributed by atoms with E-state index in [4.69, 9.17) is 5.73 Å². The van der Waals surface area contributed by atoms with Gasteiger partial charge in [0.25, 0.3) is 0 Å². The highest BCUT2D eigenvalue weighted by molar-refractivity contribution is 5.42. The first kappa shape index (κ1) is 15.5. The molecule has 0 spiro atoms. The standard InChI is InChI=1S/C17H29N5/c1-12(2)14-3-5-22(6-4-14)17-20-10-16(11-21-17)19-9-13-7-15(18)8-13/h10-15,19H,3-9,18H2,1-2H3/t13-,15-. The monoisotopic (exact) mass is 303 g/mol. The molecule has 2 heterocycles. The molecule has 2 fully saturated rings. The fraction of sp³-hybridized carbons (Fsp3) is 0.765. The van der Waals surface area contributed by atoms with Gasteiger partial charge in [-0.3, -0.25) is 0 Å². The topological polar surface area (TPSA) is 67.1 Å². The van der Waals surface area contributed by atoms with Crippen molar-refractivity contribution in [1.29, 1.82) is 0 Å². The van der Waals surface area contributed by atoms with Crippen LogP contribution in [-0.4, -0.2) is 35.6 Å². The van der Waals surface area contributed by atoms with Gasteiger partial charge in [0.05, 0.1) is 18.1 Å². The molecule has 0 radical (unpaired) electrons. The third-order valence-electron chi connectivity index (χ3n) is 5.27. The molecule has 0 aromatic carbocycles. The number of anilines is 2. The minimum absolute atomic E-state index is 0.416. The number of hydrogen-bond acceptors (Lipinski definition) is 5. The van der Waals surface area contributed by atoms with Crippen molar-refractivity contribution in [1.82, 2.24) is 9.97 Å². The Bertz CT molecular complexity index is 458. The van der Waals surface area contributed by atoms with Crippen LogP contribution in [0.4, 0.5) is 11.6 Å². The zero-order chi connectivity index (χ0) is 15.5. The predicted molar refractivity (Wildman–Crippen MR) is 91.0 cm³/mol. The second kappa shape index (κ2) is 6.82. The molecule has 5 heteroatoms. The van der Waals surface area contributed by atoms with Crippen molar-refractivity contribution in [3.8, 4) is 0 Å². The van der Waals surface area contributed by atoms with Gasteiger partial charge >= 0.3 is 0 Å². The third kappa shape index (κ3) is 3.69. The van der Waals surface area contributed by atoms with Crippen LogP contribution in [0.1, 0.15) is 39.5 Å². The zero-order valence-corrected chi connectivity index (χ0v) is 13.8. The van der Waals surface area contributed by atoms with E-state index in [9.17, 15) is 0 Å². The molecule has 1 saturated heterocycles. The number of piperidine rings is 1. The van der Waals surface area contributed by atoms with E-state index in [1.807, 2.05) is 12.4 Å². The van der Waals surface area contributed by atoms with Gasteiger partial charge in [-0.2, -0.15) is 0 Å². The molecule has 1 aromatic heterocycles. The van der Waals surface area contributed by atoms with Crippen LogP contribution >= 0.6 is 0 Å². The van der Waals surface area contributed by atoms with Crippen molar-refractivity contribution in [2.24, 2.45) is 23.5 Å². The van der Waals surface area contributed by atoms with Crippen LogP contribution in [0.15, 0.2) is 12.4 Å². The molecule has 1 aliphatic heterocycles. The number of nitrogens with two attached hydrogens (primary N) is 1. The van der Waals surface area contributed by atoms with Crippen LogP contribution in [0.5, 0.6) is 0 Å². The molecule has 1 saturated carbocycles. The van der Waals surface area contributed by atoms with Gasteiger partial charge in [0.2, 0.25) is 5.95 Å². The van der Waals surface area contributed by atoms with E-state index in [-0.39, 0.29) is 0 Å². The minimum atomic E-state index is 0.416. The summed E-state index contributed by atoms with van der Waals surface area (Å²) in [6, 6.07) is 0.416. The van der Waals surface area contributed by atoms with Crippen molar-refractivity contribution >= 4 is 11.6 Å². The lowest BCUT2D eigenvalue weighted by atomic mass is 9.81. The molecular weight excluding hydrogens is 274 g/mol. The molecule has 122 valence electrons. The number of rotatable bonds is 5. The van der Waals surface area contributed by atoms with Gasteiger partial charge in [-0.05, 0) is 43.4 Å². The molecule has 2 aliphatic rings. The Morgan fingerprint density at radius 3 is 2.41 bits per heavy atom. The van der Waals surface area contributed by atoms with Crippen molar-refractivity contribution in [3.63, 3.8) is 0 Å². The lowest BCUT2D eigenvalue weighted by molar-refractivity contribution is 0.280. The van der Waals surface area contributed by atoms with Gasteiger partial charge < -0.3 is 16.0 Å². The van der Waals surface area contributed by atoms with Crippen LogP contribution in [0.25, 0.3) is 0 Å². The van der Waals surface area contributed by atoms with Gasteiger partial charge in [-0.1, -0.05) is 13.8 Å². The number of nitrogens with zero attached hydrogens (tertiary/aromatic N) is 3. The van der Waals surface area contributed by atoms with E-state index in [0.717, 1.165) is 55.9 Å². The fourth-order valence-corrected chi connectivity index (χ4v) is 3.56. The molecule has 3 rings (SSSR count). The van der Waals surface area contributed by atoms with Gasteiger partial charge in [0, 0.05) is 25.7 Å². The highest BCUT2D eigenvalue weighted by Crippen LogP contribution is 2.27. The predicted octanol–water partition coefficient (Wildman–Crippen LogP) is 2.50. The molecule has 0 amide bonds. The molecule has 1 aromatic rings. The number of nitrogens with one attached hydrogen (secondary N) is 1. The van der Waals surface area contributed by atoms with Crippen molar-refractivity contribution in [3.05, 3.63) is 12.4 Å². The Morgan fingerprint density at radius 2 is 1.86 bits per heavy atom. The van der Waals surface area contributed by atoms with Crippen LogP contribution < -0.4 is 16.0 Å². The van der Waals surface area contributed by atoms with Crippen LogP contribution in [0.3, 0.4) is 0 Å². The summed E-state index contributed by atoms with van der Waals surface area (Å²) in [5, 5.41) is 3.42. The molecule has 5 nitrogen and oxygen atoms in total. The Morgan fingerprint density at radius 1 is 1.23 bits per heavy atom. The Labute approximate surface area is 133 Å². The highest BCUT2D eigenvalue weighted by atomic mass is 15.3. The third-order valence-corrected chi connectivity index (χ3v) is 5.27. The summed E-state index contributed by atoms with van der Waals surface area (Å²) < 4.78 is 0. The average Bonchev–Trinajstić information content (AvgIpc) is 2.51. The second-order valence-electron chi connectivity index (χ2n) is 7.32. The normalized spacial score (nSPS) is 26.1. The van der Waals surface area contributed by atoms with E-state index in [2.05, 4.69) is 34.0 Å². The molecule has 0 bridgehead atoms. The first-order valence-electron chi connectivity index (χ1n) is 8.68. The van der Waals surface area contributed by atoms with E-state index in [1.54, 1.807) is 0 Å². The Hall–Kier alpha value is -1.36. The van der Waals surface area contributed by atoms with Crippen LogP contribution in [0, 0.1) is 17.8 Å². The molecule has 0 unspecified atom stereocenters. The van der Waals surface area contributed by atoms with Crippen LogP contribution in [0.2, 0.25) is 0 Å². The SMILES string of the molecule is CC(C)C1CCN(c2ncc(NC[C@H]3C[C@H](N)C3)cn2)CC1. The van der Waals surface area contributed by atoms with Gasteiger partial charge in [-0.25, -0.2) is 9.97 Å². The summed E-state index contributed by atoms with van der Waals surface area (Å²) >= 11 is 0. The van der Waals surface area contributed by atoms with E-state index in [0.29, 0.717) is 12.0 Å². The Balaban J connectivity index is 1.47. The maximum atomic E-state index is 5.81. The number of aromatic nitrogens is 2. The lowest BCUT2D eigenvalue weighted by Crippen LogP contribution is -2.39. The molecule has 22 heavy (non-hydrogen) atoms. The highest BCUT2D eigenvalue weighted by Gasteiger charge is 2.25. The van der Waals surface area contributed by atoms with Gasteiger partial charge in [-0.15, -0.1) is 0 Å². The first-order chi connectivity index (χ1) is 10.6. The largest absolute Gasteiger partial charge is 0.382 e. The van der Waals surface area contributed by atoms with Gasteiger partial charge in [0.15, 0.2) is 0 Å². The maximum Gasteiger partial charge on any atom is 0.225 e. The van der Waals surface area contributed by atoms with E-state index < -0.39 is 0 Å². The Kier molecular flexibility index (Phi) is 4.81. The minimum Gasteiger partial charge on any atom is -0.382 e. The summed E-state index contributed by atoms with van der Waals surface area (Å²) in [5.41, 5.74) is 6.83. The quantitative estimate of drug-likeness (QED) is 0.875. The average molecular weight is 303 g/mol. The summed E-state index contributed by atoms with van der Waals surface area (Å²) in [5.74, 6) is 3.23. The molecular formula is C17H29N5. The summed E-state index contributed by atoms with van der Waals surface area (Å²) in [7, 11) is 0. The van der Waals surface area contributed by atoms with Gasteiger partial charge in [0.1, 0.15) is 0 Å². The first-order valence-corrected chi connectivity index (χ1v) is 8.68. The molecule has 3 N–H and O–H groups in total. The lowest BCUT2D eigenvalue weighted by Gasteiger charge is -2.34. The van der Waals surface area contributed by atoms with E-state index in [1.165, 1.54) is 12.8 Å². The van der Waals surface area contributed by atoms with Crippen molar-refractivity contribution < 1.29 is 0 Å². The maximum absolute atomic E-state index is 5.81. The van der Waals surface area contributed by atoms with E-state index >= 15 is 0 Å². The van der Waals surface area contributed by atoms with Crippen molar-refractivity contribution in [2.75, 3.05) is 29.9 Å². The zero-order valence-electron chi connectivity index (χ0n) is 13.8. The summed E-state index contributed by atoms with van der Waals surface area (Å²) in [6.07, 6.45) is 8.60. The second-order valence-corrected chi connectivity index (χ2v) is 7.32. The summed E-state index contributed by atoms with van der Waals surface area (Å²) in [4.78, 5) is 11.4. The summed E-state index contributed by atoms with van der Waals surface area (Å²) in [6.45, 7) is 7.79.